The van der Waals surface area contributed by atoms with Crippen LogP contribution < -0.4 is 10.6 Å². The molecule has 2 heteroatoms. The van der Waals surface area contributed by atoms with Crippen LogP contribution in [0.4, 0.5) is 0 Å². The molecule has 0 unspecified atom stereocenters. The standard InChI is InChI=1S/C10H10N2/c1-4-9(6-11)10-5-7(2)12-8(10)3/h4-5,12H,1,3H2,2H3/b10-9+. The zero-order valence-corrected chi connectivity index (χ0v) is 7.02. The monoisotopic (exact) mass is 158 g/mol. The van der Waals surface area contributed by atoms with Crippen molar-refractivity contribution < 1.29 is 0 Å². The Morgan fingerprint density at radius 3 is 2.75 bits per heavy atom. The normalized spacial score (nSPS) is 12.0. The first-order chi connectivity index (χ1) is 5.69. The summed E-state index contributed by atoms with van der Waals surface area (Å²) < 4.78 is 0. The van der Waals surface area contributed by atoms with Crippen molar-refractivity contribution in [3.63, 3.8) is 0 Å². The molecule has 0 bridgehead atoms. The van der Waals surface area contributed by atoms with Gasteiger partial charge in [-0.3, -0.25) is 0 Å². The molecule has 1 rings (SSSR count). The minimum absolute atomic E-state index is 0.560. The highest BCUT2D eigenvalue weighted by Gasteiger charge is 1.94. The fourth-order valence-corrected chi connectivity index (χ4v) is 1.10. The number of rotatable bonds is 1. The molecular formula is C10H10N2. The van der Waals surface area contributed by atoms with Crippen molar-refractivity contribution in [2.45, 2.75) is 6.92 Å². The van der Waals surface area contributed by atoms with Gasteiger partial charge in [-0.1, -0.05) is 19.2 Å². The quantitative estimate of drug-likeness (QED) is 0.638. The zero-order valence-electron chi connectivity index (χ0n) is 7.02. The highest BCUT2D eigenvalue weighted by Crippen LogP contribution is 1.89. The van der Waals surface area contributed by atoms with Gasteiger partial charge in [0.25, 0.3) is 0 Å². The number of aromatic nitrogens is 1. The van der Waals surface area contributed by atoms with Gasteiger partial charge in [-0.05, 0) is 13.0 Å². The van der Waals surface area contributed by atoms with Crippen LogP contribution in [-0.4, -0.2) is 4.98 Å². The Labute approximate surface area is 71.2 Å². The summed E-state index contributed by atoms with van der Waals surface area (Å²) in [7, 11) is 0. The third-order valence-electron chi connectivity index (χ3n) is 1.65. The summed E-state index contributed by atoms with van der Waals surface area (Å²) in [4.78, 5) is 3.03. The van der Waals surface area contributed by atoms with Gasteiger partial charge in [0, 0.05) is 16.3 Å². The van der Waals surface area contributed by atoms with Crippen LogP contribution in [0.25, 0.3) is 12.2 Å². The fraction of sp³-hybridized carbons (Fsp3) is 0.100. The molecule has 0 spiro atoms. The van der Waals surface area contributed by atoms with Gasteiger partial charge in [0.05, 0.1) is 11.6 Å². The Hall–Kier alpha value is -1.75. The molecule has 0 saturated heterocycles. The average Bonchev–Trinajstić information content (AvgIpc) is 2.34. The molecule has 0 aromatic carbocycles. The highest BCUT2D eigenvalue weighted by atomic mass is 14.7. The molecule has 2 nitrogen and oxygen atoms in total. The zero-order chi connectivity index (χ0) is 9.14. The SMILES string of the molecule is C=C/C(C#N)=c1/cc(C)[nH]c1=C. The van der Waals surface area contributed by atoms with Crippen molar-refractivity contribution in [2.75, 3.05) is 0 Å². The summed E-state index contributed by atoms with van der Waals surface area (Å²) in [6, 6.07) is 3.95. The number of aryl methyl sites for hydroxylation is 1. The third-order valence-corrected chi connectivity index (χ3v) is 1.65. The molecule has 1 aromatic rings. The number of hydrogen-bond donors (Lipinski definition) is 1. The smallest absolute Gasteiger partial charge is 0.0998 e. The Kier molecular flexibility index (Phi) is 2.16. The van der Waals surface area contributed by atoms with Crippen LogP contribution in [0, 0.1) is 18.3 Å². The summed E-state index contributed by atoms with van der Waals surface area (Å²) in [6.07, 6.45) is 1.54. The van der Waals surface area contributed by atoms with Gasteiger partial charge in [0.15, 0.2) is 0 Å². The largest absolute Gasteiger partial charge is 0.359 e. The van der Waals surface area contributed by atoms with Gasteiger partial charge in [-0.2, -0.15) is 5.26 Å². The van der Waals surface area contributed by atoms with E-state index >= 15 is 0 Å². The molecule has 1 heterocycles. The summed E-state index contributed by atoms with van der Waals surface area (Å²) in [5.74, 6) is 0. The summed E-state index contributed by atoms with van der Waals surface area (Å²) in [5, 5.41) is 10.3. The lowest BCUT2D eigenvalue weighted by atomic mass is 10.2. The molecule has 0 saturated carbocycles. The summed E-state index contributed by atoms with van der Waals surface area (Å²) in [6.45, 7) is 9.27. The predicted octanol–water partition coefficient (Wildman–Crippen LogP) is 0.594. The minimum atomic E-state index is 0.560. The second-order valence-electron chi connectivity index (χ2n) is 2.57. The molecule has 1 N–H and O–H groups in total. The van der Waals surface area contributed by atoms with Gasteiger partial charge in [0.2, 0.25) is 0 Å². The lowest BCUT2D eigenvalue weighted by Crippen LogP contribution is -2.22. The van der Waals surface area contributed by atoms with E-state index in [9.17, 15) is 0 Å². The van der Waals surface area contributed by atoms with Crippen molar-refractivity contribution in [1.29, 1.82) is 5.26 Å². The van der Waals surface area contributed by atoms with E-state index in [0.29, 0.717) is 5.57 Å². The van der Waals surface area contributed by atoms with Gasteiger partial charge < -0.3 is 4.98 Å². The lowest BCUT2D eigenvalue weighted by molar-refractivity contribution is 1.22. The fourth-order valence-electron chi connectivity index (χ4n) is 1.10. The molecule has 0 aliphatic carbocycles. The predicted molar refractivity (Wildman–Crippen MR) is 49.5 cm³/mol. The lowest BCUT2D eigenvalue weighted by Gasteiger charge is -1.81. The van der Waals surface area contributed by atoms with E-state index in [4.69, 9.17) is 5.26 Å². The van der Waals surface area contributed by atoms with Crippen molar-refractivity contribution >= 4 is 12.2 Å². The summed E-state index contributed by atoms with van der Waals surface area (Å²) in [5.41, 5.74) is 1.56. The van der Waals surface area contributed by atoms with Crippen LogP contribution >= 0.6 is 0 Å². The maximum Gasteiger partial charge on any atom is 0.0998 e. The number of nitriles is 1. The number of nitrogens with one attached hydrogen (secondary N) is 1. The van der Waals surface area contributed by atoms with Crippen LogP contribution in [0.2, 0.25) is 0 Å². The van der Waals surface area contributed by atoms with E-state index < -0.39 is 0 Å². The van der Waals surface area contributed by atoms with Crippen molar-refractivity contribution in [2.24, 2.45) is 0 Å². The molecule has 12 heavy (non-hydrogen) atoms. The van der Waals surface area contributed by atoms with E-state index in [1.807, 2.05) is 13.0 Å². The maximum absolute atomic E-state index is 8.71. The molecular weight excluding hydrogens is 148 g/mol. The van der Waals surface area contributed by atoms with Crippen LogP contribution in [0.1, 0.15) is 5.69 Å². The van der Waals surface area contributed by atoms with Crippen LogP contribution in [0.3, 0.4) is 0 Å². The van der Waals surface area contributed by atoms with Gasteiger partial charge in [0.1, 0.15) is 0 Å². The average molecular weight is 158 g/mol. The van der Waals surface area contributed by atoms with Crippen molar-refractivity contribution in [3.05, 3.63) is 35.0 Å². The molecule has 1 aromatic heterocycles. The van der Waals surface area contributed by atoms with E-state index in [1.54, 1.807) is 0 Å². The van der Waals surface area contributed by atoms with E-state index in [1.165, 1.54) is 6.08 Å². The van der Waals surface area contributed by atoms with Gasteiger partial charge in [-0.25, -0.2) is 0 Å². The van der Waals surface area contributed by atoms with E-state index in [0.717, 1.165) is 16.3 Å². The summed E-state index contributed by atoms with van der Waals surface area (Å²) >= 11 is 0. The molecule has 0 aliphatic heterocycles. The number of allylic oxidation sites excluding steroid dienone is 1. The Morgan fingerprint density at radius 1 is 1.75 bits per heavy atom. The highest BCUT2D eigenvalue weighted by molar-refractivity contribution is 5.68. The number of hydrogen-bond acceptors (Lipinski definition) is 1. The molecule has 0 fully saturated rings. The first kappa shape index (κ1) is 8.35. The number of H-pyrrole nitrogens is 1. The van der Waals surface area contributed by atoms with Gasteiger partial charge in [-0.15, -0.1) is 0 Å². The second-order valence-corrected chi connectivity index (χ2v) is 2.57. The first-order valence-corrected chi connectivity index (χ1v) is 3.60. The van der Waals surface area contributed by atoms with Crippen LogP contribution in [0.15, 0.2) is 18.7 Å². The Balaban J connectivity index is 3.66. The van der Waals surface area contributed by atoms with Crippen LogP contribution in [-0.2, 0) is 0 Å². The van der Waals surface area contributed by atoms with Crippen molar-refractivity contribution in [1.82, 2.24) is 4.98 Å². The topological polar surface area (TPSA) is 39.6 Å². The molecule has 0 aliphatic rings. The Bertz CT molecular complexity index is 443. The number of nitrogens with zero attached hydrogens (tertiary/aromatic N) is 1. The minimum Gasteiger partial charge on any atom is -0.359 e. The van der Waals surface area contributed by atoms with E-state index in [-0.39, 0.29) is 0 Å². The Morgan fingerprint density at radius 2 is 2.42 bits per heavy atom. The number of aromatic amines is 1. The molecule has 0 radical (unpaired) electrons. The van der Waals surface area contributed by atoms with Crippen molar-refractivity contribution in [3.8, 4) is 6.07 Å². The van der Waals surface area contributed by atoms with E-state index in [2.05, 4.69) is 24.2 Å². The first-order valence-electron chi connectivity index (χ1n) is 3.60. The molecule has 60 valence electrons. The molecule has 0 atom stereocenters. The third kappa shape index (κ3) is 1.30. The molecule has 0 amide bonds. The van der Waals surface area contributed by atoms with Crippen LogP contribution in [0.5, 0.6) is 0 Å². The maximum atomic E-state index is 8.71. The van der Waals surface area contributed by atoms with Gasteiger partial charge >= 0.3 is 0 Å². The second kappa shape index (κ2) is 3.10.